The number of rotatable bonds is 3. The maximum atomic E-state index is 13.1. The number of hydrogen-bond acceptors (Lipinski definition) is 2. The minimum atomic E-state index is -4.56. The molecule has 0 aliphatic carbocycles. The number of nitrogens with zero attached hydrogens (tertiary/aromatic N) is 1. The summed E-state index contributed by atoms with van der Waals surface area (Å²) in [5, 5.41) is 0. The van der Waals surface area contributed by atoms with Crippen molar-refractivity contribution in [3.63, 3.8) is 0 Å². The Morgan fingerprint density at radius 1 is 1.21 bits per heavy atom. The summed E-state index contributed by atoms with van der Waals surface area (Å²) >= 11 is 0. The number of hydrogen-bond donors (Lipinski definition) is 0. The van der Waals surface area contributed by atoms with Gasteiger partial charge in [0.2, 0.25) is 0 Å². The van der Waals surface area contributed by atoms with E-state index in [4.69, 9.17) is 4.74 Å². The van der Waals surface area contributed by atoms with E-state index in [1.54, 1.807) is 19.9 Å². The van der Waals surface area contributed by atoms with Crippen LogP contribution in [0.1, 0.15) is 25.5 Å². The predicted molar refractivity (Wildman–Crippen MR) is 64.6 cm³/mol. The molecule has 0 aliphatic rings. The van der Waals surface area contributed by atoms with Crippen molar-refractivity contribution in [3.05, 3.63) is 35.9 Å². The first-order valence-corrected chi connectivity index (χ1v) is 5.78. The van der Waals surface area contributed by atoms with E-state index in [2.05, 4.69) is 0 Å². The van der Waals surface area contributed by atoms with Crippen molar-refractivity contribution in [2.24, 2.45) is 0 Å². The maximum absolute atomic E-state index is 13.1. The molecule has 0 saturated carbocycles. The molecule has 1 aromatic rings. The molecule has 106 valence electrons. The average molecular weight is 275 g/mol. The zero-order valence-electron chi connectivity index (χ0n) is 10.9. The van der Waals surface area contributed by atoms with Gasteiger partial charge in [0, 0.05) is 7.05 Å². The molecule has 0 spiro atoms. The third-order valence-electron chi connectivity index (χ3n) is 2.44. The summed E-state index contributed by atoms with van der Waals surface area (Å²) in [5.74, 6) is 0. The fourth-order valence-electron chi connectivity index (χ4n) is 1.66. The molecule has 1 amide bonds. The van der Waals surface area contributed by atoms with Crippen LogP contribution in [-0.4, -0.2) is 30.3 Å². The average Bonchev–Trinajstić information content (AvgIpc) is 2.27. The zero-order valence-corrected chi connectivity index (χ0v) is 10.9. The number of alkyl halides is 3. The molecule has 0 fully saturated rings. The molecule has 0 saturated heterocycles. The molecule has 1 aromatic carbocycles. The van der Waals surface area contributed by atoms with Crippen LogP contribution in [0, 0.1) is 0 Å². The van der Waals surface area contributed by atoms with E-state index in [0.717, 1.165) is 7.05 Å². The number of amides is 1. The number of carbonyl (C=O) groups excluding carboxylic acids is 1. The number of ether oxygens (including phenoxy) is 1. The van der Waals surface area contributed by atoms with E-state index in [9.17, 15) is 18.0 Å². The Kier molecular flexibility index (Phi) is 4.80. The third-order valence-corrected chi connectivity index (χ3v) is 2.44. The lowest BCUT2D eigenvalue weighted by Crippen LogP contribution is -2.40. The largest absolute Gasteiger partial charge is 0.447 e. The first-order valence-electron chi connectivity index (χ1n) is 5.78. The van der Waals surface area contributed by atoms with Gasteiger partial charge in [0.15, 0.2) is 6.04 Å². The van der Waals surface area contributed by atoms with E-state index in [1.807, 2.05) is 0 Å². The van der Waals surface area contributed by atoms with Crippen LogP contribution >= 0.6 is 0 Å². The van der Waals surface area contributed by atoms with Crippen molar-refractivity contribution < 1.29 is 22.7 Å². The SMILES string of the molecule is CC(C)OC(=O)N(C)C(c1ccccc1)C(F)(F)F. The highest BCUT2D eigenvalue weighted by atomic mass is 19.4. The van der Waals surface area contributed by atoms with Crippen LogP contribution in [-0.2, 0) is 4.74 Å². The summed E-state index contributed by atoms with van der Waals surface area (Å²) < 4.78 is 44.1. The summed E-state index contributed by atoms with van der Waals surface area (Å²) in [6.07, 6.45) is -6.03. The molecule has 0 bridgehead atoms. The third kappa shape index (κ3) is 4.15. The molecule has 0 aliphatic heterocycles. The van der Waals surface area contributed by atoms with Crippen LogP contribution < -0.4 is 0 Å². The van der Waals surface area contributed by atoms with Gasteiger partial charge in [0.25, 0.3) is 0 Å². The van der Waals surface area contributed by atoms with Crippen molar-refractivity contribution in [1.29, 1.82) is 0 Å². The second kappa shape index (κ2) is 5.95. The highest BCUT2D eigenvalue weighted by Gasteiger charge is 2.45. The van der Waals surface area contributed by atoms with Crippen LogP contribution in [0.15, 0.2) is 30.3 Å². The quantitative estimate of drug-likeness (QED) is 0.840. The van der Waals surface area contributed by atoms with Crippen LogP contribution in [0.4, 0.5) is 18.0 Å². The summed E-state index contributed by atoms with van der Waals surface area (Å²) in [6, 6.07) is 5.25. The van der Waals surface area contributed by atoms with Crippen molar-refractivity contribution in [1.82, 2.24) is 4.90 Å². The molecule has 0 aromatic heterocycles. The summed E-state index contributed by atoms with van der Waals surface area (Å²) in [4.78, 5) is 12.2. The van der Waals surface area contributed by atoms with Gasteiger partial charge >= 0.3 is 12.3 Å². The van der Waals surface area contributed by atoms with Gasteiger partial charge in [-0.1, -0.05) is 30.3 Å². The van der Waals surface area contributed by atoms with Crippen LogP contribution in [0.25, 0.3) is 0 Å². The monoisotopic (exact) mass is 275 g/mol. The Labute approximate surface area is 110 Å². The summed E-state index contributed by atoms with van der Waals surface area (Å²) in [5.41, 5.74) is -0.00166. The molecule has 0 radical (unpaired) electrons. The van der Waals surface area contributed by atoms with Crippen LogP contribution in [0.2, 0.25) is 0 Å². The van der Waals surface area contributed by atoms with E-state index in [-0.39, 0.29) is 5.56 Å². The number of carbonyl (C=O) groups is 1. The highest BCUT2D eigenvalue weighted by molar-refractivity contribution is 5.68. The van der Waals surface area contributed by atoms with Crippen molar-refractivity contribution in [3.8, 4) is 0 Å². The Balaban J connectivity index is 3.03. The first kappa shape index (κ1) is 15.3. The molecule has 19 heavy (non-hydrogen) atoms. The standard InChI is InChI=1S/C13H16F3NO2/c1-9(2)19-12(18)17(3)11(13(14,15)16)10-7-5-4-6-8-10/h4-9,11H,1-3H3. The Hall–Kier alpha value is -1.72. The highest BCUT2D eigenvalue weighted by Crippen LogP contribution is 2.37. The molecular formula is C13H16F3NO2. The fraction of sp³-hybridized carbons (Fsp3) is 0.462. The Morgan fingerprint density at radius 2 is 1.74 bits per heavy atom. The minimum absolute atomic E-state index is 0.00166. The number of halogens is 3. The lowest BCUT2D eigenvalue weighted by Gasteiger charge is -2.30. The molecule has 1 unspecified atom stereocenters. The second-order valence-corrected chi connectivity index (χ2v) is 4.40. The maximum Gasteiger partial charge on any atom is 0.413 e. The molecule has 0 N–H and O–H groups in total. The fourth-order valence-corrected chi connectivity index (χ4v) is 1.66. The van der Waals surface area contributed by atoms with E-state index >= 15 is 0 Å². The number of benzene rings is 1. The molecule has 1 rings (SSSR count). The zero-order chi connectivity index (χ0) is 14.6. The predicted octanol–water partition coefficient (Wildman–Crippen LogP) is 3.77. The first-order chi connectivity index (χ1) is 8.73. The van der Waals surface area contributed by atoms with Gasteiger partial charge in [-0.2, -0.15) is 13.2 Å². The normalized spacial score (nSPS) is 13.2. The lowest BCUT2D eigenvalue weighted by molar-refractivity contribution is -0.179. The van der Waals surface area contributed by atoms with Crippen molar-refractivity contribution in [2.75, 3.05) is 7.05 Å². The van der Waals surface area contributed by atoms with Gasteiger partial charge in [0.1, 0.15) is 0 Å². The summed E-state index contributed by atoms with van der Waals surface area (Å²) in [6.45, 7) is 3.16. The van der Waals surface area contributed by atoms with Crippen molar-refractivity contribution in [2.45, 2.75) is 32.2 Å². The Morgan fingerprint density at radius 3 is 2.16 bits per heavy atom. The van der Waals surface area contributed by atoms with Gasteiger partial charge in [-0.25, -0.2) is 4.79 Å². The van der Waals surface area contributed by atoms with E-state index in [0.29, 0.717) is 4.90 Å². The molecule has 6 heteroatoms. The van der Waals surface area contributed by atoms with Gasteiger partial charge in [0.05, 0.1) is 6.10 Å². The molecule has 3 nitrogen and oxygen atoms in total. The molecular weight excluding hydrogens is 259 g/mol. The van der Waals surface area contributed by atoms with Crippen LogP contribution in [0.5, 0.6) is 0 Å². The smallest absolute Gasteiger partial charge is 0.413 e. The second-order valence-electron chi connectivity index (χ2n) is 4.40. The minimum Gasteiger partial charge on any atom is -0.447 e. The Bertz CT molecular complexity index is 418. The van der Waals surface area contributed by atoms with Crippen LogP contribution in [0.3, 0.4) is 0 Å². The van der Waals surface area contributed by atoms with E-state index in [1.165, 1.54) is 24.3 Å². The van der Waals surface area contributed by atoms with E-state index < -0.39 is 24.4 Å². The van der Waals surface area contributed by atoms with Gasteiger partial charge < -0.3 is 4.74 Å². The lowest BCUT2D eigenvalue weighted by atomic mass is 10.1. The molecule has 0 heterocycles. The topological polar surface area (TPSA) is 29.5 Å². The van der Waals surface area contributed by atoms with Gasteiger partial charge in [-0.05, 0) is 19.4 Å². The van der Waals surface area contributed by atoms with Crippen molar-refractivity contribution >= 4 is 6.09 Å². The molecule has 1 atom stereocenters. The van der Waals surface area contributed by atoms with Gasteiger partial charge in [-0.15, -0.1) is 0 Å². The summed E-state index contributed by atoms with van der Waals surface area (Å²) in [7, 11) is 1.08. The van der Waals surface area contributed by atoms with Gasteiger partial charge in [-0.3, -0.25) is 4.90 Å².